The van der Waals surface area contributed by atoms with E-state index in [9.17, 15) is 19.7 Å². The molecule has 0 amide bonds. The van der Waals surface area contributed by atoms with Crippen LogP contribution in [0.25, 0.3) is 0 Å². The number of carbonyl (C=O) groups is 2. The Hall–Kier alpha value is -2.24. The number of carbonyl (C=O) groups excluding carboxylic acids is 2. The van der Waals surface area contributed by atoms with Crippen molar-refractivity contribution in [2.45, 2.75) is 51.6 Å². The third-order valence-electron chi connectivity index (χ3n) is 3.75. The number of Topliss-reactive ketones (excluding diaryl/α,β-unsaturated/α-hetero) is 1. The molecule has 1 aliphatic carbocycles. The molecular weight excluding hydrogens is 286 g/mol. The van der Waals surface area contributed by atoms with Gasteiger partial charge >= 0.3 is 5.97 Å². The molecule has 6 nitrogen and oxygen atoms in total. The Kier molecular flexibility index (Phi) is 5.25. The van der Waals surface area contributed by atoms with E-state index in [4.69, 9.17) is 4.74 Å². The Morgan fingerprint density at radius 1 is 1.23 bits per heavy atom. The number of hydrogen-bond acceptors (Lipinski definition) is 5. The lowest BCUT2D eigenvalue weighted by molar-refractivity contribution is -0.384. The minimum absolute atomic E-state index is 0.116. The lowest BCUT2D eigenvalue weighted by Gasteiger charge is -2.19. The van der Waals surface area contributed by atoms with Gasteiger partial charge in [-0.25, -0.2) is 4.79 Å². The first kappa shape index (κ1) is 16.1. The number of ketones is 1. The SMILES string of the molecule is Cc1cc(C(=O)OC2CCCC(=O)CCC2)cc([N+](=O)[O-])c1. The molecule has 0 bridgehead atoms. The van der Waals surface area contributed by atoms with E-state index in [1.165, 1.54) is 12.1 Å². The predicted molar refractivity (Wildman–Crippen MR) is 79.7 cm³/mol. The predicted octanol–water partition coefficient (Wildman–Crippen LogP) is 3.35. The molecule has 6 heteroatoms. The van der Waals surface area contributed by atoms with Gasteiger partial charge in [-0.3, -0.25) is 14.9 Å². The molecule has 1 aromatic rings. The summed E-state index contributed by atoms with van der Waals surface area (Å²) in [5.41, 5.74) is 0.726. The number of nitro benzene ring substituents is 1. The third-order valence-corrected chi connectivity index (χ3v) is 3.75. The fourth-order valence-electron chi connectivity index (χ4n) is 2.65. The quantitative estimate of drug-likeness (QED) is 0.485. The number of aryl methyl sites for hydroxylation is 1. The van der Waals surface area contributed by atoms with E-state index in [0.717, 1.165) is 0 Å². The molecule has 0 atom stereocenters. The normalized spacial score (nSPS) is 16.7. The summed E-state index contributed by atoms with van der Waals surface area (Å²) in [6.07, 6.45) is 3.58. The van der Waals surface area contributed by atoms with Gasteiger partial charge in [0.25, 0.3) is 5.69 Å². The van der Waals surface area contributed by atoms with Gasteiger partial charge in [-0.1, -0.05) is 0 Å². The topological polar surface area (TPSA) is 86.5 Å². The fraction of sp³-hybridized carbons (Fsp3) is 0.500. The van der Waals surface area contributed by atoms with Crippen LogP contribution in [0.5, 0.6) is 0 Å². The zero-order valence-corrected chi connectivity index (χ0v) is 12.5. The maximum absolute atomic E-state index is 12.2. The van der Waals surface area contributed by atoms with Gasteiger partial charge in [-0.15, -0.1) is 0 Å². The molecule has 22 heavy (non-hydrogen) atoms. The van der Waals surface area contributed by atoms with Crippen LogP contribution in [0, 0.1) is 17.0 Å². The van der Waals surface area contributed by atoms with Crippen molar-refractivity contribution in [1.82, 2.24) is 0 Å². The molecule has 0 saturated heterocycles. The molecule has 0 heterocycles. The molecule has 0 radical (unpaired) electrons. The van der Waals surface area contributed by atoms with Crippen LogP contribution in [0.4, 0.5) is 5.69 Å². The second kappa shape index (κ2) is 7.15. The average molecular weight is 305 g/mol. The van der Waals surface area contributed by atoms with Crippen molar-refractivity contribution in [3.05, 3.63) is 39.4 Å². The maximum atomic E-state index is 12.2. The van der Waals surface area contributed by atoms with Gasteiger partial charge < -0.3 is 4.74 Å². The van der Waals surface area contributed by atoms with Crippen LogP contribution in [0.1, 0.15) is 54.4 Å². The number of esters is 1. The molecule has 0 aromatic heterocycles. The summed E-state index contributed by atoms with van der Waals surface area (Å²) in [7, 11) is 0. The number of benzene rings is 1. The summed E-state index contributed by atoms with van der Waals surface area (Å²) in [6.45, 7) is 1.70. The van der Waals surface area contributed by atoms with Gasteiger partial charge in [0.05, 0.1) is 10.5 Å². The van der Waals surface area contributed by atoms with E-state index in [1.54, 1.807) is 13.0 Å². The van der Waals surface area contributed by atoms with Gasteiger partial charge in [-0.05, 0) is 44.2 Å². The smallest absolute Gasteiger partial charge is 0.338 e. The highest BCUT2D eigenvalue weighted by Gasteiger charge is 2.21. The molecule has 1 fully saturated rings. The highest BCUT2D eigenvalue weighted by atomic mass is 16.6. The van der Waals surface area contributed by atoms with E-state index < -0.39 is 10.9 Å². The molecule has 2 rings (SSSR count). The molecule has 1 saturated carbocycles. The van der Waals surface area contributed by atoms with Gasteiger partial charge in [0, 0.05) is 25.0 Å². The van der Waals surface area contributed by atoms with Crippen LogP contribution in [-0.2, 0) is 9.53 Å². The van der Waals surface area contributed by atoms with Gasteiger partial charge in [0.1, 0.15) is 11.9 Å². The fourth-order valence-corrected chi connectivity index (χ4v) is 2.65. The Balaban J connectivity index is 2.05. The molecule has 118 valence electrons. The third kappa shape index (κ3) is 4.38. The number of ether oxygens (including phenoxy) is 1. The minimum atomic E-state index is -0.538. The number of non-ortho nitro benzene ring substituents is 1. The number of rotatable bonds is 3. The first-order valence-electron chi connectivity index (χ1n) is 7.44. The molecular formula is C16H19NO5. The molecule has 0 spiro atoms. The summed E-state index contributed by atoms with van der Waals surface area (Å²) >= 11 is 0. The summed E-state index contributed by atoms with van der Waals surface area (Å²) in [6, 6.07) is 4.24. The number of nitro groups is 1. The highest BCUT2D eigenvalue weighted by molar-refractivity contribution is 5.90. The minimum Gasteiger partial charge on any atom is -0.459 e. The lowest BCUT2D eigenvalue weighted by atomic mass is 9.97. The summed E-state index contributed by atoms with van der Waals surface area (Å²) in [5.74, 6) is -0.275. The molecule has 1 aliphatic rings. The van der Waals surface area contributed by atoms with Crippen molar-refractivity contribution >= 4 is 17.4 Å². The largest absolute Gasteiger partial charge is 0.459 e. The van der Waals surface area contributed by atoms with E-state index in [0.29, 0.717) is 44.1 Å². The van der Waals surface area contributed by atoms with Crippen molar-refractivity contribution in [3.8, 4) is 0 Å². The van der Waals surface area contributed by atoms with Crippen LogP contribution in [0.15, 0.2) is 18.2 Å². The van der Waals surface area contributed by atoms with Crippen LogP contribution in [0.3, 0.4) is 0 Å². The molecule has 0 unspecified atom stereocenters. The van der Waals surface area contributed by atoms with Gasteiger partial charge in [-0.2, -0.15) is 0 Å². The molecule has 0 aliphatic heterocycles. The van der Waals surface area contributed by atoms with E-state index in [2.05, 4.69) is 0 Å². The van der Waals surface area contributed by atoms with Crippen molar-refractivity contribution in [3.63, 3.8) is 0 Å². The summed E-state index contributed by atoms with van der Waals surface area (Å²) in [4.78, 5) is 33.9. The Bertz CT molecular complexity index is 584. The van der Waals surface area contributed by atoms with Crippen molar-refractivity contribution < 1.29 is 19.2 Å². The summed E-state index contributed by atoms with van der Waals surface area (Å²) < 4.78 is 5.47. The molecule has 0 N–H and O–H groups in total. The second-order valence-electron chi connectivity index (χ2n) is 5.66. The zero-order chi connectivity index (χ0) is 16.1. The Morgan fingerprint density at radius 3 is 2.45 bits per heavy atom. The zero-order valence-electron chi connectivity index (χ0n) is 12.5. The molecule has 1 aromatic carbocycles. The van der Waals surface area contributed by atoms with Gasteiger partial charge in [0.2, 0.25) is 0 Å². The van der Waals surface area contributed by atoms with Gasteiger partial charge in [0.15, 0.2) is 0 Å². The van der Waals surface area contributed by atoms with E-state index in [-0.39, 0.29) is 23.1 Å². The summed E-state index contributed by atoms with van der Waals surface area (Å²) in [5, 5.41) is 10.9. The Labute approximate surface area is 128 Å². The lowest BCUT2D eigenvalue weighted by Crippen LogP contribution is -2.21. The van der Waals surface area contributed by atoms with E-state index >= 15 is 0 Å². The first-order valence-corrected chi connectivity index (χ1v) is 7.44. The van der Waals surface area contributed by atoms with Crippen LogP contribution < -0.4 is 0 Å². The number of nitrogens with zero attached hydrogens (tertiary/aromatic N) is 1. The van der Waals surface area contributed by atoms with Crippen molar-refractivity contribution in [2.75, 3.05) is 0 Å². The highest BCUT2D eigenvalue weighted by Crippen LogP contribution is 2.21. The maximum Gasteiger partial charge on any atom is 0.338 e. The van der Waals surface area contributed by atoms with E-state index in [1.807, 2.05) is 0 Å². The van der Waals surface area contributed by atoms with Crippen molar-refractivity contribution in [2.24, 2.45) is 0 Å². The second-order valence-corrected chi connectivity index (χ2v) is 5.66. The average Bonchev–Trinajstić information content (AvgIpc) is 2.43. The van der Waals surface area contributed by atoms with Crippen LogP contribution >= 0.6 is 0 Å². The Morgan fingerprint density at radius 2 is 1.86 bits per heavy atom. The monoisotopic (exact) mass is 305 g/mol. The first-order chi connectivity index (χ1) is 10.5. The van der Waals surface area contributed by atoms with Crippen LogP contribution in [-0.4, -0.2) is 22.8 Å². The van der Waals surface area contributed by atoms with Crippen molar-refractivity contribution in [1.29, 1.82) is 0 Å². The van der Waals surface area contributed by atoms with Crippen LogP contribution in [0.2, 0.25) is 0 Å². The standard InChI is InChI=1S/C16H19NO5/c1-11-8-12(10-13(9-11)17(20)21)16(19)22-15-6-2-4-14(18)5-3-7-15/h8-10,15H,2-7H2,1H3. The number of hydrogen-bond donors (Lipinski definition) is 0.